The van der Waals surface area contributed by atoms with Crippen molar-refractivity contribution in [3.05, 3.63) is 24.3 Å². The van der Waals surface area contributed by atoms with Gasteiger partial charge < -0.3 is 9.32 Å². The van der Waals surface area contributed by atoms with Crippen molar-refractivity contribution < 1.29 is 17.6 Å². The Balaban J connectivity index is 1.68. The Labute approximate surface area is 188 Å². The molecule has 2 atom stereocenters. The van der Waals surface area contributed by atoms with Crippen molar-refractivity contribution in [3.8, 4) is 11.5 Å². The van der Waals surface area contributed by atoms with Gasteiger partial charge in [0.15, 0.2) is 0 Å². The SMILES string of the molecule is CCN(CC)S(=O)(=O)c1cccc(-c2nnc(SCC(=O)N3C[C@@H](C)C[C@H](C)C3)o2)c1. The first-order chi connectivity index (χ1) is 14.7. The van der Waals surface area contributed by atoms with Crippen LogP contribution in [0.4, 0.5) is 0 Å². The standard InChI is InChI=1S/C21H30N4O4S2/c1-5-25(6-2)31(27,28)18-9-7-8-17(11-18)20-22-23-21(29-20)30-14-19(26)24-12-15(3)10-16(4)13-24/h7-9,11,15-16H,5-6,10,12-14H2,1-4H3/t15-,16-/m0/s1. The molecule has 0 N–H and O–H groups in total. The van der Waals surface area contributed by atoms with Gasteiger partial charge in [-0.05, 0) is 36.5 Å². The maximum Gasteiger partial charge on any atom is 0.277 e. The zero-order chi connectivity index (χ0) is 22.6. The molecule has 1 aliphatic rings. The average molecular weight is 467 g/mol. The van der Waals surface area contributed by atoms with Gasteiger partial charge in [0.2, 0.25) is 21.8 Å². The largest absolute Gasteiger partial charge is 0.411 e. The van der Waals surface area contributed by atoms with Crippen LogP contribution < -0.4 is 0 Å². The van der Waals surface area contributed by atoms with E-state index in [2.05, 4.69) is 24.0 Å². The smallest absolute Gasteiger partial charge is 0.277 e. The number of hydrogen-bond acceptors (Lipinski definition) is 7. The van der Waals surface area contributed by atoms with Crippen LogP contribution in [-0.4, -0.2) is 65.7 Å². The molecule has 0 radical (unpaired) electrons. The molecule has 0 spiro atoms. The van der Waals surface area contributed by atoms with Crippen LogP contribution in [0.1, 0.15) is 34.1 Å². The second-order valence-corrected chi connectivity index (χ2v) is 10.9. The van der Waals surface area contributed by atoms with Crippen LogP contribution in [-0.2, 0) is 14.8 Å². The van der Waals surface area contributed by atoms with E-state index in [1.165, 1.54) is 22.1 Å². The molecule has 1 aromatic heterocycles. The molecule has 8 nitrogen and oxygen atoms in total. The second kappa shape index (κ2) is 10.1. The Kier molecular flexibility index (Phi) is 7.77. The number of aromatic nitrogens is 2. The number of thioether (sulfide) groups is 1. The van der Waals surface area contributed by atoms with Crippen molar-refractivity contribution in [2.24, 2.45) is 11.8 Å². The lowest BCUT2D eigenvalue weighted by Gasteiger charge is -2.34. The van der Waals surface area contributed by atoms with Crippen LogP contribution in [0.25, 0.3) is 11.5 Å². The highest BCUT2D eigenvalue weighted by Crippen LogP contribution is 2.27. The van der Waals surface area contributed by atoms with Gasteiger partial charge >= 0.3 is 0 Å². The fourth-order valence-electron chi connectivity index (χ4n) is 3.97. The van der Waals surface area contributed by atoms with Gasteiger partial charge in [-0.15, -0.1) is 10.2 Å². The number of piperidine rings is 1. The summed E-state index contributed by atoms with van der Waals surface area (Å²) in [6, 6.07) is 6.48. The third-order valence-electron chi connectivity index (χ3n) is 5.37. The number of nitrogens with zero attached hydrogens (tertiary/aromatic N) is 4. The summed E-state index contributed by atoms with van der Waals surface area (Å²) in [5, 5.41) is 8.34. The summed E-state index contributed by atoms with van der Waals surface area (Å²) in [5.41, 5.74) is 0.526. The van der Waals surface area contributed by atoms with Crippen molar-refractivity contribution >= 4 is 27.7 Å². The zero-order valence-corrected chi connectivity index (χ0v) is 20.1. The molecular formula is C21H30N4O4S2. The van der Waals surface area contributed by atoms with Crippen LogP contribution in [0, 0.1) is 11.8 Å². The molecule has 0 bridgehead atoms. The van der Waals surface area contributed by atoms with E-state index in [1.807, 2.05) is 4.90 Å². The fourth-order valence-corrected chi connectivity index (χ4v) is 6.14. The molecule has 2 heterocycles. The first kappa shape index (κ1) is 23.7. The summed E-state index contributed by atoms with van der Waals surface area (Å²) < 4.78 is 32.6. The number of sulfonamides is 1. The lowest BCUT2D eigenvalue weighted by atomic mass is 9.92. The van der Waals surface area contributed by atoms with Crippen molar-refractivity contribution in [1.29, 1.82) is 0 Å². The molecule has 0 aliphatic carbocycles. The van der Waals surface area contributed by atoms with Gasteiger partial charge in [-0.1, -0.05) is 45.5 Å². The van der Waals surface area contributed by atoms with Gasteiger partial charge in [-0.2, -0.15) is 4.31 Å². The summed E-state index contributed by atoms with van der Waals surface area (Å²) in [6.45, 7) is 10.3. The molecule has 1 amide bonds. The maximum atomic E-state index is 12.8. The molecule has 1 aliphatic heterocycles. The van der Waals surface area contributed by atoms with Gasteiger partial charge in [-0.3, -0.25) is 4.79 Å². The number of likely N-dealkylation sites (tertiary alicyclic amines) is 1. The van der Waals surface area contributed by atoms with Gasteiger partial charge in [0.1, 0.15) is 0 Å². The van der Waals surface area contributed by atoms with E-state index in [1.54, 1.807) is 32.0 Å². The van der Waals surface area contributed by atoms with Crippen molar-refractivity contribution in [2.45, 2.75) is 44.2 Å². The summed E-state index contributed by atoms with van der Waals surface area (Å²) in [4.78, 5) is 14.7. The van der Waals surface area contributed by atoms with Gasteiger partial charge in [0.25, 0.3) is 5.22 Å². The highest BCUT2D eigenvalue weighted by molar-refractivity contribution is 7.99. The van der Waals surface area contributed by atoms with Crippen LogP contribution >= 0.6 is 11.8 Å². The predicted molar refractivity (Wildman–Crippen MR) is 120 cm³/mol. The van der Waals surface area contributed by atoms with Gasteiger partial charge in [-0.25, -0.2) is 8.42 Å². The Morgan fingerprint density at radius 1 is 1.19 bits per heavy atom. The van der Waals surface area contributed by atoms with E-state index in [-0.39, 0.29) is 22.4 Å². The van der Waals surface area contributed by atoms with Crippen LogP contribution in [0.5, 0.6) is 0 Å². The van der Waals surface area contributed by atoms with Crippen molar-refractivity contribution in [3.63, 3.8) is 0 Å². The highest BCUT2D eigenvalue weighted by Gasteiger charge is 2.26. The Bertz CT molecular complexity index is 994. The number of carbonyl (C=O) groups is 1. The first-order valence-corrected chi connectivity index (χ1v) is 13.0. The number of benzene rings is 1. The molecule has 3 rings (SSSR count). The number of rotatable bonds is 8. The van der Waals surface area contributed by atoms with E-state index in [4.69, 9.17) is 4.42 Å². The highest BCUT2D eigenvalue weighted by atomic mass is 32.2. The Morgan fingerprint density at radius 2 is 1.87 bits per heavy atom. The molecule has 170 valence electrons. The minimum absolute atomic E-state index is 0.0652. The minimum Gasteiger partial charge on any atom is -0.411 e. The zero-order valence-electron chi connectivity index (χ0n) is 18.4. The molecule has 0 unspecified atom stereocenters. The molecule has 0 saturated carbocycles. The van der Waals surface area contributed by atoms with E-state index in [9.17, 15) is 13.2 Å². The summed E-state index contributed by atoms with van der Waals surface area (Å²) in [7, 11) is -3.58. The van der Waals surface area contributed by atoms with E-state index in [0.717, 1.165) is 19.5 Å². The van der Waals surface area contributed by atoms with E-state index < -0.39 is 10.0 Å². The maximum absolute atomic E-state index is 12.8. The van der Waals surface area contributed by atoms with Gasteiger partial charge in [0.05, 0.1) is 10.6 Å². The molecular weight excluding hydrogens is 436 g/mol. The fraction of sp³-hybridized carbons (Fsp3) is 0.571. The lowest BCUT2D eigenvalue weighted by Crippen LogP contribution is -2.43. The van der Waals surface area contributed by atoms with Crippen LogP contribution in [0.15, 0.2) is 38.8 Å². The lowest BCUT2D eigenvalue weighted by molar-refractivity contribution is -0.130. The van der Waals surface area contributed by atoms with Crippen molar-refractivity contribution in [2.75, 3.05) is 31.9 Å². The molecule has 1 fully saturated rings. The number of hydrogen-bond donors (Lipinski definition) is 0. The first-order valence-electron chi connectivity index (χ1n) is 10.6. The summed E-state index contributed by atoms with van der Waals surface area (Å²) in [5.74, 6) is 1.54. The van der Waals surface area contributed by atoms with Crippen LogP contribution in [0.3, 0.4) is 0 Å². The monoisotopic (exact) mass is 466 g/mol. The third kappa shape index (κ3) is 5.67. The predicted octanol–water partition coefficient (Wildman–Crippen LogP) is 3.36. The number of amides is 1. The Hall–Kier alpha value is -1.91. The normalized spacial score (nSPS) is 19.7. The molecule has 2 aromatic rings. The second-order valence-electron chi connectivity index (χ2n) is 8.02. The molecule has 31 heavy (non-hydrogen) atoms. The Morgan fingerprint density at radius 3 is 2.52 bits per heavy atom. The molecule has 10 heteroatoms. The summed E-state index contributed by atoms with van der Waals surface area (Å²) in [6.07, 6.45) is 1.15. The molecule has 1 aromatic carbocycles. The molecule has 1 saturated heterocycles. The minimum atomic E-state index is -3.58. The van der Waals surface area contributed by atoms with Gasteiger partial charge in [0, 0.05) is 31.7 Å². The van der Waals surface area contributed by atoms with Crippen LogP contribution in [0.2, 0.25) is 0 Å². The summed E-state index contributed by atoms with van der Waals surface area (Å²) >= 11 is 1.20. The van der Waals surface area contributed by atoms with E-state index in [0.29, 0.717) is 35.7 Å². The van der Waals surface area contributed by atoms with Crippen molar-refractivity contribution in [1.82, 2.24) is 19.4 Å². The topological polar surface area (TPSA) is 96.6 Å². The van der Waals surface area contributed by atoms with E-state index >= 15 is 0 Å². The third-order valence-corrected chi connectivity index (χ3v) is 8.22. The average Bonchev–Trinajstić information content (AvgIpc) is 3.21. The quantitative estimate of drug-likeness (QED) is 0.550. The number of carbonyl (C=O) groups excluding carboxylic acids is 1.